The molecule has 0 fully saturated rings. The molecule has 1 unspecified atom stereocenters. The van der Waals surface area contributed by atoms with E-state index in [4.69, 9.17) is 14.9 Å². The first kappa shape index (κ1) is 26.8. The lowest BCUT2D eigenvalue weighted by molar-refractivity contribution is -0.134. The molecule has 0 aromatic heterocycles. The molecule has 0 aliphatic rings. The molecule has 0 radical (unpaired) electrons. The van der Waals surface area contributed by atoms with E-state index in [9.17, 15) is 14.4 Å². The first-order chi connectivity index (χ1) is 16.9. The number of amides is 1. The van der Waals surface area contributed by atoms with Crippen LogP contribution in [0.3, 0.4) is 0 Å². The number of carboxylic acid groups (broad SMARTS) is 2. The number of carboxylic acids is 2. The first-order valence-electron chi connectivity index (χ1n) is 10.8. The number of carbonyl (C=O) groups is 3. The van der Waals surface area contributed by atoms with Crippen molar-refractivity contribution in [3.63, 3.8) is 0 Å². The van der Waals surface area contributed by atoms with Gasteiger partial charge in [-0.1, -0.05) is 72.8 Å². The lowest BCUT2D eigenvalue weighted by Crippen LogP contribution is -2.37. The van der Waals surface area contributed by atoms with Gasteiger partial charge in [-0.15, -0.1) is 0 Å². The van der Waals surface area contributed by atoms with Crippen LogP contribution >= 0.6 is 0 Å². The van der Waals surface area contributed by atoms with Gasteiger partial charge in [-0.05, 0) is 28.8 Å². The minimum absolute atomic E-state index is 0.0430. The Morgan fingerprint density at radius 2 is 1.29 bits per heavy atom. The largest absolute Gasteiger partial charge is 0.497 e. The molecule has 1 atom stereocenters. The van der Waals surface area contributed by atoms with E-state index in [-0.39, 0.29) is 5.91 Å². The number of ether oxygens (including phenoxy) is 1. The molecule has 1 amide bonds. The monoisotopic (exact) mass is 476 g/mol. The Bertz CT molecular complexity index is 1080. The Balaban J connectivity index is 0.000000466. The quantitative estimate of drug-likeness (QED) is 0.330. The lowest BCUT2D eigenvalue weighted by atomic mass is 10.1. The maximum atomic E-state index is 12.8. The number of carbonyl (C=O) groups excluding carboxylic acids is 1. The van der Waals surface area contributed by atoms with E-state index in [0.717, 1.165) is 22.4 Å². The summed E-state index contributed by atoms with van der Waals surface area (Å²) in [6.07, 6.45) is 1.12. The van der Waals surface area contributed by atoms with Crippen LogP contribution < -0.4 is 15.4 Å². The van der Waals surface area contributed by atoms with E-state index in [1.54, 1.807) is 7.11 Å². The molecule has 0 spiro atoms. The van der Waals surface area contributed by atoms with Crippen LogP contribution in [0, 0.1) is 0 Å². The van der Waals surface area contributed by atoms with Crippen molar-refractivity contribution in [3.8, 4) is 5.75 Å². The fraction of sp³-hybridized carbons (Fsp3) is 0.148. The number of nitrogens with one attached hydrogen (secondary N) is 2. The second kappa shape index (κ2) is 14.7. The SMILES string of the molecule is COc1ccc(CNC(C(=O)NCc2ccccc2)c2ccccc2)cc1.O=C(O)C=CC(=O)O. The van der Waals surface area contributed by atoms with Gasteiger partial charge in [-0.25, -0.2) is 9.59 Å². The summed E-state index contributed by atoms with van der Waals surface area (Å²) in [6, 6.07) is 27.1. The number of hydrogen-bond acceptors (Lipinski definition) is 5. The zero-order valence-electron chi connectivity index (χ0n) is 19.3. The van der Waals surface area contributed by atoms with Crippen molar-refractivity contribution in [2.75, 3.05) is 7.11 Å². The summed E-state index contributed by atoms with van der Waals surface area (Å²) in [7, 11) is 1.65. The second-order valence-electron chi connectivity index (χ2n) is 7.29. The second-order valence-corrected chi connectivity index (χ2v) is 7.29. The summed E-state index contributed by atoms with van der Waals surface area (Å²) in [5, 5.41) is 22.0. The van der Waals surface area contributed by atoms with Crippen molar-refractivity contribution >= 4 is 17.8 Å². The van der Waals surface area contributed by atoms with Crippen LogP contribution in [0.2, 0.25) is 0 Å². The van der Waals surface area contributed by atoms with E-state index < -0.39 is 18.0 Å². The Labute approximate surface area is 203 Å². The van der Waals surface area contributed by atoms with Gasteiger partial charge in [-0.2, -0.15) is 0 Å². The van der Waals surface area contributed by atoms with Crippen molar-refractivity contribution in [1.29, 1.82) is 0 Å². The minimum Gasteiger partial charge on any atom is -0.497 e. The summed E-state index contributed by atoms with van der Waals surface area (Å²) in [5.41, 5.74) is 3.11. The smallest absolute Gasteiger partial charge is 0.328 e. The highest BCUT2D eigenvalue weighted by atomic mass is 16.5. The fourth-order valence-electron chi connectivity index (χ4n) is 3.00. The average molecular weight is 477 g/mol. The Kier molecular flexibility index (Phi) is 11.2. The van der Waals surface area contributed by atoms with Gasteiger partial charge in [0.05, 0.1) is 7.11 Å². The van der Waals surface area contributed by atoms with Gasteiger partial charge < -0.3 is 20.3 Å². The maximum Gasteiger partial charge on any atom is 0.328 e. The zero-order valence-corrected chi connectivity index (χ0v) is 19.3. The van der Waals surface area contributed by atoms with Gasteiger partial charge >= 0.3 is 11.9 Å². The molecule has 4 N–H and O–H groups in total. The third kappa shape index (κ3) is 10.4. The lowest BCUT2D eigenvalue weighted by Gasteiger charge is -2.19. The summed E-state index contributed by atoms with van der Waals surface area (Å²) in [4.78, 5) is 32.0. The van der Waals surface area contributed by atoms with Crippen LogP contribution in [0.1, 0.15) is 22.7 Å². The molecular formula is C27H28N2O6. The van der Waals surface area contributed by atoms with Crippen LogP contribution in [0.15, 0.2) is 97.1 Å². The third-order valence-electron chi connectivity index (χ3n) is 4.74. The van der Waals surface area contributed by atoms with Crippen LogP contribution in [-0.4, -0.2) is 35.2 Å². The van der Waals surface area contributed by atoms with Crippen molar-refractivity contribution in [1.82, 2.24) is 10.6 Å². The topological polar surface area (TPSA) is 125 Å². The van der Waals surface area contributed by atoms with Gasteiger partial charge in [0.15, 0.2) is 0 Å². The van der Waals surface area contributed by atoms with Gasteiger partial charge in [0.25, 0.3) is 0 Å². The van der Waals surface area contributed by atoms with Gasteiger partial charge in [0, 0.05) is 25.2 Å². The number of benzene rings is 3. The highest BCUT2D eigenvalue weighted by molar-refractivity contribution is 5.89. The third-order valence-corrected chi connectivity index (χ3v) is 4.74. The van der Waals surface area contributed by atoms with Crippen molar-refractivity contribution < 1.29 is 29.3 Å². The molecule has 182 valence electrons. The Morgan fingerprint density at radius 1 is 0.771 bits per heavy atom. The molecule has 0 bridgehead atoms. The van der Waals surface area contributed by atoms with Crippen LogP contribution in [0.25, 0.3) is 0 Å². The minimum atomic E-state index is -1.26. The highest BCUT2D eigenvalue weighted by Crippen LogP contribution is 2.16. The predicted octanol–water partition coefficient (Wildman–Crippen LogP) is 3.55. The number of rotatable bonds is 10. The molecule has 0 saturated carbocycles. The fourth-order valence-corrected chi connectivity index (χ4v) is 3.00. The molecule has 0 aliphatic carbocycles. The van der Waals surface area contributed by atoms with Crippen molar-refractivity contribution in [2.24, 2.45) is 0 Å². The molecule has 0 heterocycles. The Hall–Kier alpha value is -4.43. The van der Waals surface area contributed by atoms with Crippen LogP contribution in [-0.2, 0) is 27.5 Å². The number of hydrogen-bond donors (Lipinski definition) is 4. The Morgan fingerprint density at radius 3 is 1.80 bits per heavy atom. The number of methoxy groups -OCH3 is 1. The zero-order chi connectivity index (χ0) is 25.5. The summed E-state index contributed by atoms with van der Waals surface area (Å²) in [5.74, 6) is -1.74. The van der Waals surface area contributed by atoms with Crippen molar-refractivity contribution in [3.05, 3.63) is 114 Å². The molecule has 3 aromatic carbocycles. The molecule has 0 saturated heterocycles. The van der Waals surface area contributed by atoms with E-state index in [1.165, 1.54) is 0 Å². The maximum absolute atomic E-state index is 12.8. The van der Waals surface area contributed by atoms with Gasteiger partial charge in [-0.3, -0.25) is 10.1 Å². The number of aliphatic carboxylic acids is 2. The summed E-state index contributed by atoms with van der Waals surface area (Å²) < 4.78 is 5.19. The van der Waals surface area contributed by atoms with Crippen molar-refractivity contribution in [2.45, 2.75) is 19.1 Å². The molecule has 3 aromatic rings. The highest BCUT2D eigenvalue weighted by Gasteiger charge is 2.19. The summed E-state index contributed by atoms with van der Waals surface area (Å²) in [6.45, 7) is 1.09. The van der Waals surface area contributed by atoms with E-state index >= 15 is 0 Å². The molecule has 8 nitrogen and oxygen atoms in total. The molecule has 0 aliphatic heterocycles. The van der Waals surface area contributed by atoms with Gasteiger partial charge in [0.2, 0.25) is 5.91 Å². The van der Waals surface area contributed by atoms with E-state index in [0.29, 0.717) is 25.2 Å². The molecule has 3 rings (SSSR count). The molecular weight excluding hydrogens is 448 g/mol. The average Bonchev–Trinajstić information content (AvgIpc) is 2.88. The normalized spacial score (nSPS) is 11.1. The van der Waals surface area contributed by atoms with Crippen LogP contribution in [0.4, 0.5) is 0 Å². The van der Waals surface area contributed by atoms with Crippen LogP contribution in [0.5, 0.6) is 5.75 Å². The van der Waals surface area contributed by atoms with Gasteiger partial charge in [0.1, 0.15) is 11.8 Å². The molecule has 35 heavy (non-hydrogen) atoms. The standard InChI is InChI=1S/C23H24N2O2.C4H4O4/c1-27-21-14-12-19(13-15-21)16-24-22(20-10-6-3-7-11-20)23(26)25-17-18-8-4-2-5-9-18;5-3(6)1-2-4(7)8/h2-15,22,24H,16-17H2,1H3,(H,25,26);1-2H,(H,5,6)(H,7,8). The molecule has 8 heteroatoms. The first-order valence-corrected chi connectivity index (χ1v) is 10.8. The van der Waals surface area contributed by atoms with E-state index in [2.05, 4.69) is 10.6 Å². The predicted molar refractivity (Wildman–Crippen MR) is 132 cm³/mol. The van der Waals surface area contributed by atoms with E-state index in [1.807, 2.05) is 84.9 Å². The summed E-state index contributed by atoms with van der Waals surface area (Å²) >= 11 is 0.